The molecule has 1 rings (SSSR count). The molecule has 0 saturated heterocycles. The second kappa shape index (κ2) is 5.02. The van der Waals surface area contributed by atoms with Crippen LogP contribution in [0, 0.1) is 0 Å². The number of carboxylic acids is 1. The minimum absolute atomic E-state index is 0.235. The van der Waals surface area contributed by atoms with Crippen LogP contribution in [0.2, 0.25) is 0 Å². The van der Waals surface area contributed by atoms with Gasteiger partial charge in [-0.3, -0.25) is 5.01 Å². The van der Waals surface area contributed by atoms with Crippen LogP contribution in [0.1, 0.15) is 10.4 Å². The smallest absolute Gasteiger partial charge is 0.337 e. The molecule has 0 unspecified atom stereocenters. The van der Waals surface area contributed by atoms with Gasteiger partial charge < -0.3 is 10.5 Å². The van der Waals surface area contributed by atoms with Gasteiger partial charge in [0.25, 0.3) is 0 Å². The van der Waals surface area contributed by atoms with Crippen LogP contribution >= 0.6 is 0 Å². The highest BCUT2D eigenvalue weighted by Crippen LogP contribution is 2.16. The summed E-state index contributed by atoms with van der Waals surface area (Å²) >= 11 is 0. The molecule has 0 radical (unpaired) electrons. The summed E-state index contributed by atoms with van der Waals surface area (Å²) in [5.74, 6) is -0.960. The summed E-state index contributed by atoms with van der Waals surface area (Å²) in [4.78, 5) is 10.9. The van der Waals surface area contributed by atoms with E-state index < -0.39 is 5.97 Å². The predicted octanol–water partition coefficient (Wildman–Crippen LogP) is 0.974. The Morgan fingerprint density at radius 1 is 1.53 bits per heavy atom. The average Bonchev–Trinajstić information content (AvgIpc) is 2.25. The van der Waals surface area contributed by atoms with Crippen molar-refractivity contribution >= 4 is 11.7 Å². The van der Waals surface area contributed by atoms with Crippen molar-refractivity contribution in [3.8, 4) is 0 Å². The van der Waals surface area contributed by atoms with Crippen LogP contribution in [-0.2, 0) is 0 Å². The minimum atomic E-state index is -0.960. The SMILES string of the molecule is C=CNNN(C)c1ccccc1C(=O)O. The van der Waals surface area contributed by atoms with E-state index in [1.54, 1.807) is 36.3 Å². The first-order valence-corrected chi connectivity index (χ1v) is 4.35. The molecule has 0 amide bonds. The highest BCUT2D eigenvalue weighted by molar-refractivity contribution is 5.94. The molecule has 80 valence electrons. The fourth-order valence-electron chi connectivity index (χ4n) is 1.15. The van der Waals surface area contributed by atoms with Gasteiger partial charge in [-0.05, 0) is 12.1 Å². The van der Waals surface area contributed by atoms with Gasteiger partial charge in [-0.25, -0.2) is 4.79 Å². The zero-order chi connectivity index (χ0) is 11.3. The van der Waals surface area contributed by atoms with Crippen molar-refractivity contribution in [1.29, 1.82) is 0 Å². The third-order valence-corrected chi connectivity index (χ3v) is 1.83. The molecule has 0 aromatic heterocycles. The van der Waals surface area contributed by atoms with Gasteiger partial charge >= 0.3 is 5.97 Å². The zero-order valence-corrected chi connectivity index (χ0v) is 8.40. The minimum Gasteiger partial charge on any atom is -0.478 e. The first kappa shape index (κ1) is 11.1. The Bertz CT molecular complexity index is 365. The Hall–Kier alpha value is -2.01. The van der Waals surface area contributed by atoms with Gasteiger partial charge in [0.2, 0.25) is 0 Å². The number of hydrogen-bond donors (Lipinski definition) is 3. The molecule has 1 aromatic rings. The molecule has 0 atom stereocenters. The first-order valence-electron chi connectivity index (χ1n) is 4.35. The number of hydrazine groups is 2. The third-order valence-electron chi connectivity index (χ3n) is 1.83. The average molecular weight is 207 g/mol. The van der Waals surface area contributed by atoms with Crippen molar-refractivity contribution in [3.63, 3.8) is 0 Å². The summed E-state index contributed by atoms with van der Waals surface area (Å²) in [6.45, 7) is 3.47. The number of nitrogens with zero attached hydrogens (tertiary/aromatic N) is 1. The standard InChI is InChI=1S/C10H13N3O2/c1-3-11-12-13(2)9-7-5-4-6-8(9)10(14)15/h3-7,11-12H,1H2,2H3,(H,14,15). The predicted molar refractivity (Wildman–Crippen MR) is 58.3 cm³/mol. The number of hydrogen-bond acceptors (Lipinski definition) is 4. The Morgan fingerprint density at radius 3 is 2.80 bits per heavy atom. The number of rotatable bonds is 5. The zero-order valence-electron chi connectivity index (χ0n) is 8.40. The maximum absolute atomic E-state index is 10.9. The third kappa shape index (κ3) is 2.72. The Kier molecular flexibility index (Phi) is 3.70. The largest absolute Gasteiger partial charge is 0.478 e. The summed E-state index contributed by atoms with van der Waals surface area (Å²) in [6, 6.07) is 6.71. The van der Waals surface area contributed by atoms with Gasteiger partial charge in [-0.2, -0.15) is 0 Å². The van der Waals surface area contributed by atoms with Crippen molar-refractivity contribution in [2.24, 2.45) is 0 Å². The molecule has 5 nitrogen and oxygen atoms in total. The molecule has 0 aliphatic rings. The van der Waals surface area contributed by atoms with Crippen LogP contribution in [0.15, 0.2) is 37.0 Å². The highest BCUT2D eigenvalue weighted by atomic mass is 16.4. The van der Waals surface area contributed by atoms with E-state index in [0.29, 0.717) is 5.69 Å². The lowest BCUT2D eigenvalue weighted by molar-refractivity contribution is 0.0697. The highest BCUT2D eigenvalue weighted by Gasteiger charge is 2.11. The van der Waals surface area contributed by atoms with Gasteiger partial charge in [-0.15, -0.1) is 5.53 Å². The van der Waals surface area contributed by atoms with Crippen molar-refractivity contribution < 1.29 is 9.90 Å². The second-order valence-corrected chi connectivity index (χ2v) is 2.84. The molecule has 0 saturated carbocycles. The number of benzene rings is 1. The summed E-state index contributed by atoms with van der Waals surface area (Å²) in [5, 5.41) is 10.5. The summed E-state index contributed by atoms with van der Waals surface area (Å²) in [7, 11) is 1.71. The molecule has 5 heteroatoms. The second-order valence-electron chi connectivity index (χ2n) is 2.84. The van der Waals surface area contributed by atoms with E-state index in [-0.39, 0.29) is 5.56 Å². The van der Waals surface area contributed by atoms with Gasteiger partial charge in [0.15, 0.2) is 0 Å². The lowest BCUT2D eigenvalue weighted by Gasteiger charge is -2.21. The van der Waals surface area contributed by atoms with E-state index in [1.807, 2.05) is 0 Å². The van der Waals surface area contributed by atoms with Crippen LogP contribution in [0.5, 0.6) is 0 Å². The quantitative estimate of drug-likeness (QED) is 0.628. The summed E-state index contributed by atoms with van der Waals surface area (Å²) < 4.78 is 0. The molecule has 0 fully saturated rings. The Labute approximate surface area is 88.0 Å². The van der Waals surface area contributed by atoms with Gasteiger partial charge in [0, 0.05) is 13.2 Å². The maximum Gasteiger partial charge on any atom is 0.337 e. The van der Waals surface area contributed by atoms with E-state index in [1.165, 1.54) is 6.20 Å². The maximum atomic E-state index is 10.9. The normalized spacial score (nSPS) is 9.40. The molecule has 1 aromatic carbocycles. The molecule has 0 heterocycles. The fourth-order valence-corrected chi connectivity index (χ4v) is 1.15. The van der Waals surface area contributed by atoms with Crippen LogP contribution in [0.4, 0.5) is 5.69 Å². The van der Waals surface area contributed by atoms with E-state index in [9.17, 15) is 4.79 Å². The van der Waals surface area contributed by atoms with E-state index in [4.69, 9.17) is 5.11 Å². The van der Waals surface area contributed by atoms with Crippen LogP contribution in [0.25, 0.3) is 0 Å². The number of carbonyl (C=O) groups is 1. The van der Waals surface area contributed by atoms with Crippen LogP contribution in [-0.4, -0.2) is 18.1 Å². The molecular weight excluding hydrogens is 194 g/mol. The van der Waals surface area contributed by atoms with Gasteiger partial charge in [0.1, 0.15) is 0 Å². The fraction of sp³-hybridized carbons (Fsp3) is 0.100. The van der Waals surface area contributed by atoms with Crippen molar-refractivity contribution in [3.05, 3.63) is 42.6 Å². The number of aromatic carboxylic acids is 1. The van der Waals surface area contributed by atoms with E-state index >= 15 is 0 Å². The Morgan fingerprint density at radius 2 is 2.20 bits per heavy atom. The lowest BCUT2D eigenvalue weighted by Crippen LogP contribution is -2.42. The molecule has 0 aliphatic heterocycles. The van der Waals surface area contributed by atoms with Crippen molar-refractivity contribution in [2.75, 3.05) is 12.1 Å². The van der Waals surface area contributed by atoms with Crippen molar-refractivity contribution in [2.45, 2.75) is 0 Å². The van der Waals surface area contributed by atoms with Gasteiger partial charge in [0.05, 0.1) is 11.3 Å². The number of carboxylic acid groups (broad SMARTS) is 1. The molecule has 3 N–H and O–H groups in total. The number of anilines is 1. The van der Waals surface area contributed by atoms with Crippen LogP contribution < -0.4 is 16.0 Å². The van der Waals surface area contributed by atoms with Gasteiger partial charge in [-0.1, -0.05) is 18.7 Å². The lowest BCUT2D eigenvalue weighted by atomic mass is 10.2. The molecule has 15 heavy (non-hydrogen) atoms. The monoisotopic (exact) mass is 207 g/mol. The van der Waals surface area contributed by atoms with Crippen LogP contribution in [0.3, 0.4) is 0 Å². The summed E-state index contributed by atoms with van der Waals surface area (Å²) in [5.41, 5.74) is 6.21. The molecule has 0 bridgehead atoms. The van der Waals surface area contributed by atoms with E-state index in [0.717, 1.165) is 0 Å². The number of para-hydroxylation sites is 1. The number of nitrogens with one attached hydrogen (secondary N) is 2. The molecular formula is C10H13N3O2. The Balaban J connectivity index is 2.91. The molecule has 0 spiro atoms. The van der Waals surface area contributed by atoms with E-state index in [2.05, 4.69) is 17.5 Å². The topological polar surface area (TPSA) is 64.6 Å². The van der Waals surface area contributed by atoms with Crippen molar-refractivity contribution in [1.82, 2.24) is 11.0 Å². The molecule has 0 aliphatic carbocycles. The first-order chi connectivity index (χ1) is 7.16. The summed E-state index contributed by atoms with van der Waals surface area (Å²) in [6.07, 6.45) is 1.46.